The summed E-state index contributed by atoms with van der Waals surface area (Å²) in [5, 5.41) is 34.6. The van der Waals surface area contributed by atoms with Crippen LogP contribution in [0.5, 0.6) is 0 Å². The van der Waals surface area contributed by atoms with Crippen LogP contribution in [0.4, 0.5) is 0 Å². The maximum absolute atomic E-state index is 13.7. The van der Waals surface area contributed by atoms with Gasteiger partial charge in [-0.3, -0.25) is 14.4 Å². The van der Waals surface area contributed by atoms with E-state index >= 15 is 0 Å². The van der Waals surface area contributed by atoms with Crippen molar-refractivity contribution in [3.05, 3.63) is 23.3 Å². The molecule has 4 aliphatic rings. The molecule has 0 aliphatic heterocycles. The van der Waals surface area contributed by atoms with E-state index in [2.05, 4.69) is 6.92 Å². The number of carbonyl (C=O) groups excluding carboxylic acids is 3. The fourth-order valence-corrected chi connectivity index (χ4v) is 8.77. The van der Waals surface area contributed by atoms with E-state index in [-0.39, 0.29) is 25.4 Å². The molecule has 8 heteroatoms. The van der Waals surface area contributed by atoms with Gasteiger partial charge in [-0.05, 0) is 30.9 Å². The maximum Gasteiger partial charge on any atom is 0.309 e. The van der Waals surface area contributed by atoms with Crippen LogP contribution in [0, 0.1) is 35.0 Å². The van der Waals surface area contributed by atoms with Gasteiger partial charge in [0.1, 0.15) is 22.9 Å². The first-order valence-electron chi connectivity index (χ1n) is 16.6. The monoisotopic (exact) mass is 602 g/mol. The first-order chi connectivity index (χ1) is 20.2. The highest BCUT2D eigenvalue weighted by atomic mass is 16.6. The second-order valence-electron chi connectivity index (χ2n) is 14.4. The highest BCUT2D eigenvalue weighted by Gasteiger charge is 2.87. The van der Waals surface area contributed by atoms with Gasteiger partial charge in [-0.2, -0.15) is 0 Å². The van der Waals surface area contributed by atoms with Crippen molar-refractivity contribution in [1.29, 1.82) is 0 Å². The van der Waals surface area contributed by atoms with Crippen molar-refractivity contribution in [3.63, 3.8) is 0 Å². The van der Waals surface area contributed by atoms with Gasteiger partial charge in [-0.25, -0.2) is 0 Å². The predicted molar refractivity (Wildman–Crippen MR) is 163 cm³/mol. The lowest BCUT2D eigenvalue weighted by atomic mass is 9.58. The van der Waals surface area contributed by atoms with Gasteiger partial charge in [-0.1, -0.05) is 92.2 Å². The van der Waals surface area contributed by atoms with E-state index in [1.165, 1.54) is 19.3 Å². The first-order valence-corrected chi connectivity index (χ1v) is 16.6. The minimum absolute atomic E-state index is 0.107. The van der Waals surface area contributed by atoms with Crippen LogP contribution in [-0.2, 0) is 23.9 Å². The number of ether oxygens (including phenoxy) is 2. The van der Waals surface area contributed by atoms with Gasteiger partial charge in [0, 0.05) is 36.0 Å². The Morgan fingerprint density at radius 2 is 1.67 bits per heavy atom. The summed E-state index contributed by atoms with van der Waals surface area (Å²) in [4.78, 5) is 40.4. The fraction of sp³-hybridized carbons (Fsp3) is 0.800. The Hall–Kier alpha value is -2.03. The van der Waals surface area contributed by atoms with Crippen molar-refractivity contribution >= 4 is 17.7 Å². The van der Waals surface area contributed by atoms with Crippen molar-refractivity contribution in [2.24, 2.45) is 35.0 Å². The molecule has 8 nitrogen and oxygen atoms in total. The van der Waals surface area contributed by atoms with Crippen LogP contribution >= 0.6 is 0 Å². The van der Waals surface area contributed by atoms with E-state index in [1.54, 1.807) is 26.8 Å². The van der Waals surface area contributed by atoms with E-state index in [0.717, 1.165) is 19.3 Å². The lowest BCUT2D eigenvalue weighted by molar-refractivity contribution is -0.236. The average molecular weight is 603 g/mol. The Labute approximate surface area is 257 Å². The number of esters is 2. The highest BCUT2D eigenvalue weighted by molar-refractivity contribution is 6.05. The molecule has 242 valence electrons. The van der Waals surface area contributed by atoms with Crippen molar-refractivity contribution in [2.45, 2.75) is 136 Å². The Balaban J connectivity index is 1.76. The maximum atomic E-state index is 13.7. The van der Waals surface area contributed by atoms with Crippen LogP contribution in [0.15, 0.2) is 23.3 Å². The quantitative estimate of drug-likeness (QED) is 0.149. The standard InChI is InChI=1S/C35H54O8/c1-8-10-11-12-13-14-15-16-27(37)42-34-23(5)30(39)35(43-31(40)21(3)9-2)28(32(35,6)7)25(34)18-24(20-36)19-33(41)26(34)17-22(4)29(33)38/h17-18,21,23,25-26,28,30,36,39,41H,8-16,19-20H2,1-7H3/t21-,23+,25-,26+,28+,30+,33+,34+,35+/m0/s1. The number of aliphatic hydroxyl groups is 3. The minimum Gasteiger partial charge on any atom is -0.457 e. The van der Waals surface area contributed by atoms with Crippen molar-refractivity contribution in [1.82, 2.24) is 0 Å². The van der Waals surface area contributed by atoms with Gasteiger partial charge >= 0.3 is 11.9 Å². The lowest BCUT2D eigenvalue weighted by Crippen LogP contribution is -2.67. The van der Waals surface area contributed by atoms with Crippen LogP contribution in [0.3, 0.4) is 0 Å². The number of hydrogen-bond donors (Lipinski definition) is 3. The number of fused-ring (bicyclic) bond motifs is 5. The summed E-state index contributed by atoms with van der Waals surface area (Å²) in [7, 11) is 0. The zero-order chi connectivity index (χ0) is 32.0. The van der Waals surface area contributed by atoms with Gasteiger partial charge < -0.3 is 24.8 Å². The van der Waals surface area contributed by atoms with Gasteiger partial charge in [0.25, 0.3) is 0 Å². The molecule has 2 fully saturated rings. The largest absolute Gasteiger partial charge is 0.457 e. The lowest BCUT2D eigenvalue weighted by Gasteiger charge is -2.54. The summed E-state index contributed by atoms with van der Waals surface area (Å²) in [6.07, 6.45) is 10.3. The molecule has 0 heterocycles. The summed E-state index contributed by atoms with van der Waals surface area (Å²) in [5.41, 5.74) is -4.55. The number of unbranched alkanes of at least 4 members (excludes halogenated alkanes) is 6. The Morgan fingerprint density at radius 3 is 2.28 bits per heavy atom. The Bertz CT molecular complexity index is 1150. The van der Waals surface area contributed by atoms with Gasteiger partial charge in [0.05, 0.1) is 18.4 Å². The van der Waals surface area contributed by atoms with Crippen LogP contribution in [0.1, 0.15) is 113 Å². The van der Waals surface area contributed by atoms with Crippen LogP contribution in [-0.4, -0.2) is 62.6 Å². The summed E-state index contributed by atoms with van der Waals surface area (Å²) in [6, 6.07) is 0. The number of ketones is 1. The van der Waals surface area contributed by atoms with Crippen molar-refractivity contribution in [3.8, 4) is 0 Å². The Morgan fingerprint density at radius 1 is 1.05 bits per heavy atom. The number of aliphatic hydroxyl groups excluding tert-OH is 2. The molecule has 9 atom stereocenters. The summed E-state index contributed by atoms with van der Waals surface area (Å²) in [5.74, 6) is -4.50. The molecule has 0 radical (unpaired) electrons. The van der Waals surface area contributed by atoms with E-state index in [4.69, 9.17) is 9.47 Å². The molecule has 4 aliphatic carbocycles. The van der Waals surface area contributed by atoms with Gasteiger partial charge in [0.2, 0.25) is 0 Å². The highest BCUT2D eigenvalue weighted by Crippen LogP contribution is 2.77. The second-order valence-corrected chi connectivity index (χ2v) is 14.4. The number of carbonyl (C=O) groups is 3. The molecule has 0 aromatic rings. The molecule has 0 bridgehead atoms. The topological polar surface area (TPSA) is 130 Å². The molecular weight excluding hydrogens is 548 g/mol. The third-order valence-electron chi connectivity index (χ3n) is 11.5. The third kappa shape index (κ3) is 5.23. The predicted octanol–water partition coefficient (Wildman–Crippen LogP) is 5.22. The molecule has 0 aromatic heterocycles. The van der Waals surface area contributed by atoms with E-state index in [1.807, 2.05) is 26.8 Å². The Kier molecular flexibility index (Phi) is 9.76. The third-order valence-corrected chi connectivity index (χ3v) is 11.5. The first kappa shape index (κ1) is 33.9. The molecule has 0 amide bonds. The SMILES string of the molecule is CCCCCCCCCC(=O)O[C@]12[C@H](C)[C@@H](O)[C@]3(OC(=O)[C@@H](C)CC)[C@H]([C@@H]1C=C(CO)C[C@]1(O)C(=O)C(C)=C[C@@H]21)C3(C)C. The molecule has 43 heavy (non-hydrogen) atoms. The zero-order valence-electron chi connectivity index (χ0n) is 27.3. The number of Topliss-reactive ketones (excluding diaryl/α,β-unsaturated/α-hetero) is 1. The molecular formula is C35H54O8. The number of hydrogen-bond acceptors (Lipinski definition) is 8. The van der Waals surface area contributed by atoms with E-state index in [9.17, 15) is 29.7 Å². The minimum atomic E-state index is -1.94. The molecule has 3 N–H and O–H groups in total. The molecule has 2 saturated carbocycles. The molecule has 4 rings (SSSR count). The van der Waals surface area contributed by atoms with Crippen LogP contribution < -0.4 is 0 Å². The van der Waals surface area contributed by atoms with Gasteiger partial charge in [0.15, 0.2) is 5.78 Å². The van der Waals surface area contributed by atoms with E-state index < -0.39 is 69.7 Å². The van der Waals surface area contributed by atoms with E-state index in [0.29, 0.717) is 24.0 Å². The fourth-order valence-electron chi connectivity index (χ4n) is 8.77. The molecule has 0 unspecified atom stereocenters. The second kappa shape index (κ2) is 12.4. The van der Waals surface area contributed by atoms with Gasteiger partial charge in [-0.15, -0.1) is 0 Å². The normalized spacial score (nSPS) is 38.1. The summed E-state index contributed by atoms with van der Waals surface area (Å²) < 4.78 is 12.8. The van der Waals surface area contributed by atoms with Crippen LogP contribution in [0.2, 0.25) is 0 Å². The van der Waals surface area contributed by atoms with Crippen LogP contribution in [0.25, 0.3) is 0 Å². The summed E-state index contributed by atoms with van der Waals surface area (Å²) in [6.45, 7) is 12.8. The molecule has 0 aromatic carbocycles. The molecule has 0 spiro atoms. The zero-order valence-corrected chi connectivity index (χ0v) is 27.3. The van der Waals surface area contributed by atoms with Crippen molar-refractivity contribution in [2.75, 3.05) is 6.61 Å². The molecule has 0 saturated heterocycles. The number of rotatable bonds is 13. The smallest absolute Gasteiger partial charge is 0.309 e. The summed E-state index contributed by atoms with van der Waals surface area (Å²) >= 11 is 0. The average Bonchev–Trinajstić information content (AvgIpc) is 3.41. The van der Waals surface area contributed by atoms with Crippen molar-refractivity contribution < 1.29 is 39.2 Å².